The van der Waals surface area contributed by atoms with Crippen LogP contribution in [0.5, 0.6) is 0 Å². The Morgan fingerprint density at radius 1 is 0.774 bits per heavy atom. The van der Waals surface area contributed by atoms with Gasteiger partial charge in [0.25, 0.3) is 0 Å². The Morgan fingerprint density at radius 2 is 1.29 bits per heavy atom. The second-order valence-corrected chi connectivity index (χ2v) is 8.46. The summed E-state index contributed by atoms with van der Waals surface area (Å²) in [5, 5.41) is 2.46. The maximum absolute atomic E-state index is 13.3. The quantitative estimate of drug-likeness (QED) is 0.414. The van der Waals surface area contributed by atoms with E-state index >= 15 is 0 Å². The summed E-state index contributed by atoms with van der Waals surface area (Å²) in [6, 6.07) is 15.1. The number of anilines is 1. The van der Waals surface area contributed by atoms with E-state index in [-0.39, 0.29) is 23.2 Å². The van der Waals surface area contributed by atoms with Gasteiger partial charge >= 0.3 is 0 Å². The van der Waals surface area contributed by atoms with Crippen molar-refractivity contribution in [2.45, 2.75) is 16.5 Å². The average Bonchev–Trinajstić information content (AvgIpc) is 3.19. The lowest BCUT2D eigenvalue weighted by Crippen LogP contribution is -2.07. The molecule has 0 radical (unpaired) electrons. The standard InChI is InChI=1S/C22H15F3N2O3S/c23-16-5-1-14(2-6-16)13-26-21-22(31(28,29)19-11-9-18(25)10-12-19)27-20(30-21)15-3-7-17(24)8-4-15/h1-12,26H,13H2. The number of hydrogen-bond acceptors (Lipinski definition) is 5. The maximum atomic E-state index is 13.3. The topological polar surface area (TPSA) is 72.2 Å². The number of rotatable bonds is 6. The van der Waals surface area contributed by atoms with Crippen molar-refractivity contribution in [1.29, 1.82) is 0 Å². The van der Waals surface area contributed by atoms with Crippen LogP contribution in [0.15, 0.2) is 87.1 Å². The SMILES string of the molecule is O=S(=O)(c1ccc(F)cc1)c1nc(-c2ccc(F)cc2)oc1NCc1ccc(F)cc1. The van der Waals surface area contributed by atoms with Crippen LogP contribution in [-0.4, -0.2) is 13.4 Å². The van der Waals surface area contributed by atoms with Crippen molar-refractivity contribution in [1.82, 2.24) is 4.98 Å². The van der Waals surface area contributed by atoms with E-state index in [1.807, 2.05) is 0 Å². The van der Waals surface area contributed by atoms with Crippen LogP contribution >= 0.6 is 0 Å². The highest BCUT2D eigenvalue weighted by Gasteiger charge is 2.28. The Morgan fingerprint density at radius 3 is 1.87 bits per heavy atom. The first-order valence-electron chi connectivity index (χ1n) is 9.09. The molecule has 0 unspecified atom stereocenters. The minimum atomic E-state index is -4.16. The normalized spacial score (nSPS) is 11.5. The van der Waals surface area contributed by atoms with Gasteiger partial charge in [0.2, 0.25) is 26.6 Å². The zero-order valence-electron chi connectivity index (χ0n) is 15.8. The second-order valence-electron chi connectivity index (χ2n) is 6.60. The van der Waals surface area contributed by atoms with Gasteiger partial charge in [-0.15, -0.1) is 0 Å². The van der Waals surface area contributed by atoms with Crippen molar-refractivity contribution in [3.63, 3.8) is 0 Å². The van der Waals surface area contributed by atoms with Gasteiger partial charge in [-0.05, 0) is 66.2 Å². The molecule has 5 nitrogen and oxygen atoms in total. The molecule has 158 valence electrons. The largest absolute Gasteiger partial charge is 0.419 e. The zero-order chi connectivity index (χ0) is 22.0. The molecule has 0 spiro atoms. The van der Waals surface area contributed by atoms with Crippen LogP contribution < -0.4 is 5.32 Å². The minimum absolute atomic E-state index is 0.0395. The lowest BCUT2D eigenvalue weighted by molar-refractivity contribution is 0.576. The van der Waals surface area contributed by atoms with Crippen LogP contribution in [0.25, 0.3) is 11.5 Å². The molecule has 0 aliphatic rings. The summed E-state index contributed by atoms with van der Waals surface area (Å²) in [5.74, 6) is -1.64. The number of halogens is 3. The average molecular weight is 444 g/mol. The van der Waals surface area contributed by atoms with Crippen molar-refractivity contribution in [3.05, 3.63) is 95.8 Å². The third kappa shape index (κ3) is 4.46. The van der Waals surface area contributed by atoms with Crippen LogP contribution in [0.2, 0.25) is 0 Å². The summed E-state index contributed by atoms with van der Waals surface area (Å²) in [5.41, 5.74) is 1.04. The Kier molecular flexibility index (Phi) is 5.51. The van der Waals surface area contributed by atoms with E-state index in [4.69, 9.17) is 4.42 Å². The molecule has 0 saturated heterocycles. The Labute approximate surface area is 176 Å². The maximum Gasteiger partial charge on any atom is 0.234 e. The lowest BCUT2D eigenvalue weighted by atomic mass is 10.2. The van der Waals surface area contributed by atoms with Crippen LogP contribution in [0, 0.1) is 17.5 Å². The number of hydrogen-bond donors (Lipinski definition) is 1. The van der Waals surface area contributed by atoms with E-state index in [9.17, 15) is 21.6 Å². The molecule has 3 aromatic carbocycles. The van der Waals surface area contributed by atoms with Gasteiger partial charge in [-0.2, -0.15) is 4.98 Å². The first-order chi connectivity index (χ1) is 14.8. The van der Waals surface area contributed by atoms with Crippen molar-refractivity contribution in [2.75, 3.05) is 5.32 Å². The van der Waals surface area contributed by atoms with Gasteiger partial charge in [0, 0.05) is 12.1 Å². The van der Waals surface area contributed by atoms with Gasteiger partial charge in [0.05, 0.1) is 4.90 Å². The summed E-state index contributed by atoms with van der Waals surface area (Å²) in [6.07, 6.45) is 0. The van der Waals surface area contributed by atoms with Crippen molar-refractivity contribution in [3.8, 4) is 11.5 Å². The van der Waals surface area contributed by atoms with Gasteiger partial charge in [-0.1, -0.05) is 12.1 Å². The fourth-order valence-corrected chi connectivity index (χ4v) is 4.10. The van der Waals surface area contributed by atoms with E-state index in [1.54, 1.807) is 0 Å². The van der Waals surface area contributed by atoms with Gasteiger partial charge in [-0.25, -0.2) is 21.6 Å². The first-order valence-corrected chi connectivity index (χ1v) is 10.6. The van der Waals surface area contributed by atoms with Crippen LogP contribution in [0.1, 0.15) is 5.56 Å². The highest BCUT2D eigenvalue weighted by molar-refractivity contribution is 7.91. The summed E-state index contributed by atoms with van der Waals surface area (Å²) in [7, 11) is -4.16. The van der Waals surface area contributed by atoms with Crippen molar-refractivity contribution >= 4 is 15.7 Å². The van der Waals surface area contributed by atoms with Crippen molar-refractivity contribution < 1.29 is 26.0 Å². The summed E-state index contributed by atoms with van der Waals surface area (Å²) in [6.45, 7) is 0.129. The Balaban J connectivity index is 1.74. The second kappa shape index (κ2) is 8.27. The minimum Gasteiger partial charge on any atom is -0.419 e. The summed E-state index contributed by atoms with van der Waals surface area (Å²) >= 11 is 0. The van der Waals surface area contributed by atoms with Gasteiger partial charge in [0.1, 0.15) is 17.5 Å². The molecule has 0 aliphatic carbocycles. The Bertz CT molecular complexity index is 1300. The zero-order valence-corrected chi connectivity index (χ0v) is 16.7. The molecule has 0 bridgehead atoms. The van der Waals surface area contributed by atoms with Gasteiger partial charge < -0.3 is 9.73 Å². The molecule has 1 heterocycles. The molecule has 1 aromatic heterocycles. The molecular formula is C22H15F3N2O3S. The molecule has 0 saturated carbocycles. The smallest absolute Gasteiger partial charge is 0.234 e. The molecule has 4 rings (SSSR count). The van der Waals surface area contributed by atoms with E-state index in [2.05, 4.69) is 10.3 Å². The third-order valence-electron chi connectivity index (χ3n) is 4.43. The monoisotopic (exact) mass is 444 g/mol. The highest BCUT2D eigenvalue weighted by Crippen LogP contribution is 2.32. The molecule has 0 atom stereocenters. The lowest BCUT2D eigenvalue weighted by Gasteiger charge is -2.06. The predicted molar refractivity (Wildman–Crippen MR) is 107 cm³/mol. The van der Waals surface area contributed by atoms with E-state index in [1.165, 1.54) is 48.5 Å². The summed E-state index contributed by atoms with van der Waals surface area (Å²) in [4.78, 5) is 3.94. The van der Waals surface area contributed by atoms with E-state index < -0.39 is 32.3 Å². The highest BCUT2D eigenvalue weighted by atomic mass is 32.2. The van der Waals surface area contributed by atoms with E-state index in [0.29, 0.717) is 11.1 Å². The molecule has 0 amide bonds. The van der Waals surface area contributed by atoms with Crippen LogP contribution in [-0.2, 0) is 16.4 Å². The number of sulfone groups is 1. The van der Waals surface area contributed by atoms with Crippen LogP contribution in [0.4, 0.5) is 19.1 Å². The fourth-order valence-electron chi connectivity index (χ4n) is 2.83. The summed E-state index contributed by atoms with van der Waals surface area (Å²) < 4.78 is 71.5. The molecule has 0 fully saturated rings. The molecule has 9 heteroatoms. The van der Waals surface area contributed by atoms with Crippen molar-refractivity contribution in [2.24, 2.45) is 0 Å². The first kappa shape index (κ1) is 20.7. The molecule has 31 heavy (non-hydrogen) atoms. The molecule has 1 N–H and O–H groups in total. The predicted octanol–water partition coefficient (Wildman–Crippen LogP) is 5.20. The van der Waals surface area contributed by atoms with E-state index in [0.717, 1.165) is 24.3 Å². The number of benzene rings is 3. The number of nitrogens with zero attached hydrogens (tertiary/aromatic N) is 1. The van der Waals surface area contributed by atoms with Gasteiger partial charge in [-0.3, -0.25) is 0 Å². The molecule has 4 aromatic rings. The molecular weight excluding hydrogens is 429 g/mol. The molecule has 0 aliphatic heterocycles. The fraction of sp³-hybridized carbons (Fsp3) is 0.0455. The van der Waals surface area contributed by atoms with Crippen LogP contribution in [0.3, 0.4) is 0 Å². The number of nitrogens with one attached hydrogen (secondary N) is 1. The van der Waals surface area contributed by atoms with Gasteiger partial charge in [0.15, 0.2) is 0 Å². The Hall–Kier alpha value is -3.59. The number of oxazole rings is 1. The number of aromatic nitrogens is 1. The third-order valence-corrected chi connectivity index (χ3v) is 6.11.